The van der Waals surface area contributed by atoms with Gasteiger partial charge < -0.3 is 15.0 Å². The normalized spacial score (nSPS) is 23.1. The number of hydrogen-bond acceptors (Lipinski definition) is 2. The average molecular weight is 478 g/mol. The molecule has 25 heavy (non-hydrogen) atoms. The van der Waals surface area contributed by atoms with E-state index in [1.165, 1.54) is 18.4 Å². The van der Waals surface area contributed by atoms with E-state index in [2.05, 4.69) is 29.3 Å². The van der Waals surface area contributed by atoms with Crippen molar-refractivity contribution in [3.05, 3.63) is 34.9 Å². The second-order valence-corrected chi connectivity index (χ2v) is 7.38. The number of benzene rings is 1. The highest BCUT2D eigenvalue weighted by Gasteiger charge is 2.42. The highest BCUT2D eigenvalue weighted by Crippen LogP contribution is 2.38. The molecule has 1 atom stereocenters. The number of likely N-dealkylation sites (tertiary alicyclic amines) is 1. The second-order valence-electron chi connectivity index (χ2n) is 6.94. The molecule has 1 aromatic carbocycles. The molecular weight excluding hydrogens is 449 g/mol. The van der Waals surface area contributed by atoms with Crippen molar-refractivity contribution in [2.45, 2.75) is 32.6 Å². The third-order valence-electron chi connectivity index (χ3n) is 5.06. The van der Waals surface area contributed by atoms with Gasteiger partial charge in [-0.25, -0.2) is 0 Å². The monoisotopic (exact) mass is 477 g/mol. The predicted molar refractivity (Wildman–Crippen MR) is 115 cm³/mol. The van der Waals surface area contributed by atoms with Crippen LogP contribution in [0.15, 0.2) is 29.3 Å². The number of aliphatic imine (C=N–C) groups is 1. The molecule has 2 saturated heterocycles. The van der Waals surface area contributed by atoms with Gasteiger partial charge in [-0.3, -0.25) is 4.99 Å². The van der Waals surface area contributed by atoms with Crippen molar-refractivity contribution >= 4 is 41.5 Å². The van der Waals surface area contributed by atoms with E-state index in [-0.39, 0.29) is 24.0 Å². The Bertz CT molecular complexity index is 558. The lowest BCUT2D eigenvalue weighted by atomic mass is 9.87. The van der Waals surface area contributed by atoms with Crippen LogP contribution in [0.4, 0.5) is 0 Å². The second kappa shape index (κ2) is 9.97. The average Bonchev–Trinajstić information content (AvgIpc) is 3.22. The van der Waals surface area contributed by atoms with Crippen molar-refractivity contribution in [3.63, 3.8) is 0 Å². The van der Waals surface area contributed by atoms with Crippen LogP contribution in [-0.2, 0) is 11.2 Å². The largest absolute Gasteiger partial charge is 0.381 e. The molecule has 0 bridgehead atoms. The lowest BCUT2D eigenvalue weighted by Gasteiger charge is -2.25. The summed E-state index contributed by atoms with van der Waals surface area (Å²) in [6.45, 7) is 7.90. The van der Waals surface area contributed by atoms with Crippen molar-refractivity contribution < 1.29 is 4.74 Å². The van der Waals surface area contributed by atoms with E-state index < -0.39 is 0 Å². The van der Waals surface area contributed by atoms with Crippen LogP contribution in [-0.4, -0.2) is 50.3 Å². The van der Waals surface area contributed by atoms with E-state index >= 15 is 0 Å². The summed E-state index contributed by atoms with van der Waals surface area (Å²) in [5.41, 5.74) is 1.70. The fourth-order valence-electron chi connectivity index (χ4n) is 3.63. The van der Waals surface area contributed by atoms with Crippen LogP contribution in [0.2, 0.25) is 5.02 Å². The third kappa shape index (κ3) is 5.73. The van der Waals surface area contributed by atoms with Gasteiger partial charge in [0.2, 0.25) is 0 Å². The van der Waals surface area contributed by atoms with E-state index in [1.54, 1.807) is 0 Å². The molecule has 0 saturated carbocycles. The number of halogens is 2. The summed E-state index contributed by atoms with van der Waals surface area (Å²) in [6.07, 6.45) is 4.51. The van der Waals surface area contributed by atoms with E-state index in [4.69, 9.17) is 21.3 Å². The molecular formula is C19H29ClIN3O. The molecule has 0 amide bonds. The zero-order chi connectivity index (χ0) is 16.8. The van der Waals surface area contributed by atoms with E-state index in [0.717, 1.165) is 63.2 Å². The summed E-state index contributed by atoms with van der Waals surface area (Å²) in [6, 6.07) is 8.11. The molecule has 0 aliphatic carbocycles. The van der Waals surface area contributed by atoms with Crippen LogP contribution in [0.1, 0.15) is 31.7 Å². The summed E-state index contributed by atoms with van der Waals surface area (Å²) in [5, 5.41) is 4.25. The van der Waals surface area contributed by atoms with Crippen LogP contribution in [0.25, 0.3) is 0 Å². The molecule has 140 valence electrons. The molecule has 4 nitrogen and oxygen atoms in total. The Morgan fingerprint density at radius 3 is 2.80 bits per heavy atom. The first kappa shape index (κ1) is 20.8. The number of nitrogens with zero attached hydrogens (tertiary/aromatic N) is 2. The summed E-state index contributed by atoms with van der Waals surface area (Å²) >= 11 is 5.93. The molecule has 1 aromatic rings. The molecule has 3 rings (SSSR count). The number of rotatable bonds is 5. The SMILES string of the molecule is CCNC(=NCCCc1ccc(Cl)cc1)N1CCC2(CCOC2)C1.I. The van der Waals surface area contributed by atoms with Crippen LogP contribution >= 0.6 is 35.6 Å². The Morgan fingerprint density at radius 1 is 1.32 bits per heavy atom. The molecule has 2 fully saturated rings. The number of nitrogens with one attached hydrogen (secondary N) is 1. The van der Waals surface area contributed by atoms with Crippen molar-refractivity contribution in [1.29, 1.82) is 0 Å². The van der Waals surface area contributed by atoms with Crippen molar-refractivity contribution in [3.8, 4) is 0 Å². The maximum Gasteiger partial charge on any atom is 0.193 e. The minimum Gasteiger partial charge on any atom is -0.381 e. The highest BCUT2D eigenvalue weighted by atomic mass is 127. The lowest BCUT2D eigenvalue weighted by molar-refractivity contribution is 0.156. The highest BCUT2D eigenvalue weighted by molar-refractivity contribution is 14.0. The minimum atomic E-state index is 0. The topological polar surface area (TPSA) is 36.9 Å². The summed E-state index contributed by atoms with van der Waals surface area (Å²) in [4.78, 5) is 7.26. The molecule has 2 aliphatic heterocycles. The molecule has 1 N–H and O–H groups in total. The molecule has 0 aromatic heterocycles. The first-order chi connectivity index (χ1) is 11.7. The Kier molecular flexibility index (Phi) is 8.29. The fraction of sp³-hybridized carbons (Fsp3) is 0.632. The first-order valence-electron chi connectivity index (χ1n) is 9.06. The van der Waals surface area contributed by atoms with Crippen molar-refractivity contribution in [2.75, 3.05) is 39.4 Å². The lowest BCUT2D eigenvalue weighted by Crippen LogP contribution is -2.41. The van der Waals surface area contributed by atoms with Crippen LogP contribution in [0.5, 0.6) is 0 Å². The summed E-state index contributed by atoms with van der Waals surface area (Å²) < 4.78 is 5.63. The van der Waals surface area contributed by atoms with Gasteiger partial charge in [-0.15, -0.1) is 24.0 Å². The molecule has 0 radical (unpaired) electrons. The van der Waals surface area contributed by atoms with Gasteiger partial charge in [0.25, 0.3) is 0 Å². The molecule has 6 heteroatoms. The molecule has 1 spiro atoms. The Balaban J connectivity index is 0.00000225. The number of aryl methyl sites for hydroxylation is 1. The zero-order valence-electron chi connectivity index (χ0n) is 15.0. The Morgan fingerprint density at radius 2 is 2.12 bits per heavy atom. The number of hydrogen-bond donors (Lipinski definition) is 1. The number of guanidine groups is 1. The molecule has 2 aliphatic rings. The zero-order valence-corrected chi connectivity index (χ0v) is 18.1. The van der Waals surface area contributed by atoms with E-state index in [9.17, 15) is 0 Å². The smallest absolute Gasteiger partial charge is 0.193 e. The van der Waals surface area contributed by atoms with Gasteiger partial charge in [0.05, 0.1) is 6.61 Å². The van der Waals surface area contributed by atoms with Crippen molar-refractivity contribution in [1.82, 2.24) is 10.2 Å². The van der Waals surface area contributed by atoms with E-state index in [0.29, 0.717) is 5.41 Å². The Labute approximate surface area is 173 Å². The standard InChI is InChI=1S/C19H28ClN3O.HI/c1-2-21-18(23-12-9-19(14-23)10-13-24-15-19)22-11-3-4-16-5-7-17(20)8-6-16;/h5-8H,2-4,9-15H2,1H3,(H,21,22);1H. The van der Waals surface area contributed by atoms with Gasteiger partial charge in [-0.1, -0.05) is 23.7 Å². The van der Waals surface area contributed by atoms with Gasteiger partial charge in [-0.05, 0) is 50.3 Å². The van der Waals surface area contributed by atoms with Crippen LogP contribution in [0.3, 0.4) is 0 Å². The van der Waals surface area contributed by atoms with Gasteiger partial charge in [0.1, 0.15) is 0 Å². The summed E-state index contributed by atoms with van der Waals surface area (Å²) in [5.74, 6) is 1.07. The van der Waals surface area contributed by atoms with Crippen molar-refractivity contribution in [2.24, 2.45) is 10.4 Å². The molecule has 2 heterocycles. The van der Waals surface area contributed by atoms with Crippen LogP contribution in [0, 0.1) is 5.41 Å². The Hall–Kier alpha value is -0.530. The minimum absolute atomic E-state index is 0. The van der Waals surface area contributed by atoms with Crippen LogP contribution < -0.4 is 5.32 Å². The van der Waals surface area contributed by atoms with Gasteiger partial charge in [0.15, 0.2) is 5.96 Å². The third-order valence-corrected chi connectivity index (χ3v) is 5.31. The van der Waals surface area contributed by atoms with Gasteiger partial charge in [-0.2, -0.15) is 0 Å². The predicted octanol–water partition coefficient (Wildman–Crippen LogP) is 3.97. The van der Waals surface area contributed by atoms with Gasteiger partial charge >= 0.3 is 0 Å². The quantitative estimate of drug-likeness (QED) is 0.302. The van der Waals surface area contributed by atoms with E-state index in [1.807, 2.05) is 12.1 Å². The summed E-state index contributed by atoms with van der Waals surface area (Å²) in [7, 11) is 0. The fourth-order valence-corrected chi connectivity index (χ4v) is 3.76. The van der Waals surface area contributed by atoms with Gasteiger partial charge in [0, 0.05) is 43.2 Å². The maximum absolute atomic E-state index is 5.93. The maximum atomic E-state index is 5.93. The first-order valence-corrected chi connectivity index (χ1v) is 9.44. The number of ether oxygens (including phenoxy) is 1. The molecule has 1 unspecified atom stereocenters.